The summed E-state index contributed by atoms with van der Waals surface area (Å²) in [7, 11) is 0. The van der Waals surface area contributed by atoms with Gasteiger partial charge in [0.2, 0.25) is 5.91 Å². The van der Waals surface area contributed by atoms with Gasteiger partial charge in [0.25, 0.3) is 5.91 Å². The Labute approximate surface area is 151 Å². The van der Waals surface area contributed by atoms with Crippen molar-refractivity contribution in [1.82, 2.24) is 15.1 Å². The van der Waals surface area contributed by atoms with Crippen molar-refractivity contribution in [3.05, 3.63) is 47.3 Å². The molecule has 0 unspecified atom stereocenters. The van der Waals surface area contributed by atoms with Gasteiger partial charge in [0.1, 0.15) is 5.60 Å². The maximum Gasteiger partial charge on any atom is 0.253 e. The molecule has 0 bridgehead atoms. The number of likely N-dealkylation sites (tertiary alicyclic amines) is 1. The molecule has 1 aromatic heterocycles. The summed E-state index contributed by atoms with van der Waals surface area (Å²) >= 11 is 0. The number of H-pyrrole nitrogens is 1. The fourth-order valence-electron chi connectivity index (χ4n) is 3.90. The third-order valence-electron chi connectivity index (χ3n) is 5.21. The van der Waals surface area contributed by atoms with Crippen molar-refractivity contribution >= 4 is 17.5 Å². The molecular formula is C19H22N4O3. The van der Waals surface area contributed by atoms with Gasteiger partial charge >= 0.3 is 0 Å². The van der Waals surface area contributed by atoms with E-state index in [0.29, 0.717) is 30.9 Å². The maximum atomic E-state index is 12.9. The van der Waals surface area contributed by atoms with Gasteiger partial charge in [-0.1, -0.05) is 6.07 Å². The van der Waals surface area contributed by atoms with Gasteiger partial charge in [-0.15, -0.1) is 0 Å². The van der Waals surface area contributed by atoms with Gasteiger partial charge < -0.3 is 15.0 Å². The normalized spacial score (nSPS) is 18.4. The first-order valence-electron chi connectivity index (χ1n) is 8.91. The molecule has 0 saturated carbocycles. The van der Waals surface area contributed by atoms with Crippen LogP contribution in [0.4, 0.5) is 5.69 Å². The van der Waals surface area contributed by atoms with Gasteiger partial charge in [-0.3, -0.25) is 14.7 Å². The number of aromatic nitrogens is 2. The van der Waals surface area contributed by atoms with Crippen LogP contribution in [-0.4, -0.2) is 46.6 Å². The number of aromatic amines is 1. The lowest BCUT2D eigenvalue weighted by Crippen LogP contribution is -2.48. The Kier molecular flexibility index (Phi) is 4.24. The number of nitrogens with zero attached hydrogens (tertiary/aromatic N) is 2. The zero-order valence-corrected chi connectivity index (χ0v) is 14.7. The van der Waals surface area contributed by atoms with E-state index in [1.54, 1.807) is 24.3 Å². The van der Waals surface area contributed by atoms with Crippen LogP contribution in [0.25, 0.3) is 0 Å². The zero-order chi connectivity index (χ0) is 18.1. The smallest absolute Gasteiger partial charge is 0.253 e. The first-order valence-corrected chi connectivity index (χ1v) is 8.91. The maximum absolute atomic E-state index is 12.9. The quantitative estimate of drug-likeness (QED) is 0.864. The number of amides is 2. The molecule has 2 amide bonds. The molecule has 1 saturated heterocycles. The van der Waals surface area contributed by atoms with Crippen LogP contribution >= 0.6 is 0 Å². The van der Waals surface area contributed by atoms with E-state index in [1.165, 1.54) is 12.5 Å². The number of hydrogen-bond donors (Lipinski definition) is 2. The Morgan fingerprint density at radius 2 is 2.12 bits per heavy atom. The number of carbonyl (C=O) groups is 2. The molecule has 7 nitrogen and oxygen atoms in total. The summed E-state index contributed by atoms with van der Waals surface area (Å²) in [6, 6.07) is 7.06. The van der Waals surface area contributed by atoms with Crippen LogP contribution in [0.15, 0.2) is 30.5 Å². The molecule has 4 rings (SSSR count). The Balaban J connectivity index is 1.47. The van der Waals surface area contributed by atoms with Crippen molar-refractivity contribution in [1.29, 1.82) is 0 Å². The first-order chi connectivity index (χ1) is 12.6. The van der Waals surface area contributed by atoms with Crippen molar-refractivity contribution < 1.29 is 14.3 Å². The van der Waals surface area contributed by atoms with Crippen LogP contribution in [-0.2, 0) is 21.6 Å². The largest absolute Gasteiger partial charge is 0.368 e. The van der Waals surface area contributed by atoms with Gasteiger partial charge in [-0.2, -0.15) is 5.10 Å². The number of hydrogen-bond acceptors (Lipinski definition) is 4. The van der Waals surface area contributed by atoms with Crippen molar-refractivity contribution in [2.24, 2.45) is 0 Å². The molecule has 3 heterocycles. The van der Waals surface area contributed by atoms with E-state index in [-0.39, 0.29) is 17.4 Å². The minimum atomic E-state index is -0.348. The lowest BCUT2D eigenvalue weighted by Gasteiger charge is -2.43. The topological polar surface area (TPSA) is 87.3 Å². The fourth-order valence-corrected chi connectivity index (χ4v) is 3.90. The highest BCUT2D eigenvalue weighted by Crippen LogP contribution is 2.40. The van der Waals surface area contributed by atoms with Crippen LogP contribution in [0.3, 0.4) is 0 Å². The summed E-state index contributed by atoms with van der Waals surface area (Å²) in [5, 5.41) is 9.99. The summed E-state index contributed by atoms with van der Waals surface area (Å²) in [4.78, 5) is 25.9. The third kappa shape index (κ3) is 2.99. The van der Waals surface area contributed by atoms with Crippen molar-refractivity contribution in [2.45, 2.75) is 31.8 Å². The van der Waals surface area contributed by atoms with E-state index >= 15 is 0 Å². The molecule has 1 fully saturated rings. The number of fused-ring (bicyclic) bond motifs is 2. The van der Waals surface area contributed by atoms with Gasteiger partial charge in [0.05, 0.1) is 18.5 Å². The molecule has 26 heavy (non-hydrogen) atoms. The second-order valence-electron chi connectivity index (χ2n) is 6.92. The number of anilines is 1. The summed E-state index contributed by atoms with van der Waals surface area (Å²) < 4.78 is 6.13. The van der Waals surface area contributed by atoms with Crippen molar-refractivity contribution in [3.63, 3.8) is 0 Å². The molecule has 2 N–H and O–H groups in total. The molecule has 1 spiro atoms. The number of piperidine rings is 1. The molecule has 7 heteroatoms. The second-order valence-corrected chi connectivity index (χ2v) is 6.92. The first kappa shape index (κ1) is 16.8. The standard InChI is InChI=1S/C19H22N4O3/c1-13(24)21-16-4-2-3-14(11-16)18(25)23-8-6-19(7-9-23)17-15(5-10-26-19)12-20-22-17/h2-4,11-12H,5-10H2,1H3,(H,20,22)(H,21,24). The molecule has 2 aliphatic rings. The van der Waals surface area contributed by atoms with Crippen LogP contribution < -0.4 is 5.32 Å². The summed E-state index contributed by atoms with van der Waals surface area (Å²) in [6.07, 6.45) is 4.26. The number of nitrogens with one attached hydrogen (secondary N) is 2. The van der Waals surface area contributed by atoms with Crippen LogP contribution in [0.2, 0.25) is 0 Å². The molecule has 2 aliphatic heterocycles. The molecule has 136 valence electrons. The minimum Gasteiger partial charge on any atom is -0.368 e. The summed E-state index contributed by atoms with van der Waals surface area (Å²) in [5.41, 5.74) is 3.16. The monoisotopic (exact) mass is 354 g/mol. The lowest BCUT2D eigenvalue weighted by atomic mass is 9.83. The molecule has 0 atom stereocenters. The highest BCUT2D eigenvalue weighted by Gasteiger charge is 2.43. The van der Waals surface area contributed by atoms with Crippen LogP contribution in [0, 0.1) is 0 Å². The summed E-state index contributed by atoms with van der Waals surface area (Å²) in [6.45, 7) is 3.40. The van der Waals surface area contributed by atoms with Crippen LogP contribution in [0.1, 0.15) is 41.4 Å². The molecule has 2 aromatic rings. The molecular weight excluding hydrogens is 332 g/mol. The highest BCUT2D eigenvalue weighted by atomic mass is 16.5. The average molecular weight is 354 g/mol. The Hall–Kier alpha value is -2.67. The van der Waals surface area contributed by atoms with Gasteiger partial charge in [0.15, 0.2) is 0 Å². The molecule has 0 aliphatic carbocycles. The SMILES string of the molecule is CC(=O)Nc1cccc(C(=O)N2CCC3(CC2)OCCc2cn[nH]c23)c1. The fraction of sp³-hybridized carbons (Fsp3) is 0.421. The average Bonchev–Trinajstić information content (AvgIpc) is 3.12. The highest BCUT2D eigenvalue weighted by molar-refractivity contribution is 5.96. The van der Waals surface area contributed by atoms with E-state index < -0.39 is 0 Å². The van der Waals surface area contributed by atoms with E-state index in [4.69, 9.17) is 4.74 Å². The van der Waals surface area contributed by atoms with Gasteiger partial charge in [-0.25, -0.2) is 0 Å². The van der Waals surface area contributed by atoms with Gasteiger partial charge in [-0.05, 0) is 43.0 Å². The third-order valence-corrected chi connectivity index (χ3v) is 5.21. The molecule has 0 radical (unpaired) electrons. The predicted octanol–water partition coefficient (Wildman–Crippen LogP) is 2.07. The number of benzene rings is 1. The van der Waals surface area contributed by atoms with Crippen molar-refractivity contribution in [3.8, 4) is 0 Å². The summed E-state index contributed by atoms with van der Waals surface area (Å²) in [5.74, 6) is -0.174. The van der Waals surface area contributed by atoms with Gasteiger partial charge in [0, 0.05) is 31.3 Å². The van der Waals surface area contributed by atoms with Crippen molar-refractivity contribution in [2.75, 3.05) is 25.0 Å². The predicted molar refractivity (Wildman–Crippen MR) is 95.8 cm³/mol. The zero-order valence-electron chi connectivity index (χ0n) is 14.7. The van der Waals surface area contributed by atoms with Crippen LogP contribution in [0.5, 0.6) is 0 Å². The minimum absolute atomic E-state index is 0.0207. The Morgan fingerprint density at radius 3 is 2.88 bits per heavy atom. The lowest BCUT2D eigenvalue weighted by molar-refractivity contribution is -0.114. The Bertz CT molecular complexity index is 837. The molecule has 1 aromatic carbocycles. The Morgan fingerprint density at radius 1 is 1.31 bits per heavy atom. The van der Waals surface area contributed by atoms with E-state index in [1.807, 2.05) is 11.1 Å². The second kappa shape index (κ2) is 6.57. The number of carbonyl (C=O) groups excluding carboxylic acids is 2. The van der Waals surface area contributed by atoms with E-state index in [2.05, 4.69) is 15.5 Å². The number of ether oxygens (including phenoxy) is 1. The van der Waals surface area contributed by atoms with E-state index in [0.717, 1.165) is 25.0 Å². The van der Waals surface area contributed by atoms with E-state index in [9.17, 15) is 9.59 Å². The number of rotatable bonds is 2.